The van der Waals surface area contributed by atoms with Gasteiger partial charge in [0.25, 0.3) is 0 Å². The molecule has 0 aliphatic rings. The molecule has 3 amide bonds. The summed E-state index contributed by atoms with van der Waals surface area (Å²) in [5, 5.41) is 8.00. The Bertz CT molecular complexity index is 504. The van der Waals surface area contributed by atoms with E-state index in [1.54, 1.807) is 30.3 Å². The quantitative estimate of drug-likeness (QED) is 0.540. The Labute approximate surface area is 142 Å². The second kappa shape index (κ2) is 11.5. The van der Waals surface area contributed by atoms with Crippen LogP contribution >= 0.6 is 12.4 Å². The van der Waals surface area contributed by atoms with Crippen LogP contribution < -0.4 is 21.7 Å². The van der Waals surface area contributed by atoms with Gasteiger partial charge < -0.3 is 26.4 Å². The largest absolute Gasteiger partial charge is 0.380 e. The molecule has 0 saturated carbocycles. The number of anilines is 2. The van der Waals surface area contributed by atoms with E-state index in [0.29, 0.717) is 17.9 Å². The van der Waals surface area contributed by atoms with Gasteiger partial charge in [0.1, 0.15) is 0 Å². The maximum atomic E-state index is 11.8. The van der Waals surface area contributed by atoms with E-state index >= 15 is 0 Å². The fourth-order valence-electron chi connectivity index (χ4n) is 1.66. The van der Waals surface area contributed by atoms with Gasteiger partial charge in [-0.3, -0.25) is 4.79 Å². The first-order valence-electron chi connectivity index (χ1n) is 6.87. The SMILES string of the molecule is C=CCNC(=O)Nc1ccc(NC(=O)CC(CN)OC)cc1.Cl. The molecular formula is C15H23ClN4O3. The van der Waals surface area contributed by atoms with E-state index in [-0.39, 0.29) is 43.4 Å². The van der Waals surface area contributed by atoms with Gasteiger partial charge in [-0.25, -0.2) is 4.79 Å². The molecule has 23 heavy (non-hydrogen) atoms. The number of hydrogen-bond acceptors (Lipinski definition) is 4. The summed E-state index contributed by atoms with van der Waals surface area (Å²) in [6.45, 7) is 4.19. The van der Waals surface area contributed by atoms with Crippen molar-refractivity contribution in [3.05, 3.63) is 36.9 Å². The molecule has 1 aromatic rings. The fraction of sp³-hybridized carbons (Fsp3) is 0.333. The number of urea groups is 1. The third-order valence-corrected chi connectivity index (χ3v) is 2.84. The number of halogens is 1. The minimum atomic E-state index is -0.317. The maximum absolute atomic E-state index is 11.8. The minimum absolute atomic E-state index is 0. The number of carbonyl (C=O) groups excluding carboxylic acids is 2. The third-order valence-electron chi connectivity index (χ3n) is 2.84. The first kappa shape index (κ1) is 20.9. The van der Waals surface area contributed by atoms with Crippen LogP contribution in [0.25, 0.3) is 0 Å². The molecule has 5 N–H and O–H groups in total. The van der Waals surface area contributed by atoms with Crippen molar-refractivity contribution in [1.82, 2.24) is 5.32 Å². The molecule has 0 aromatic heterocycles. The number of carbonyl (C=O) groups is 2. The molecule has 0 aliphatic heterocycles. The van der Waals surface area contributed by atoms with Crippen molar-refractivity contribution in [1.29, 1.82) is 0 Å². The van der Waals surface area contributed by atoms with Crippen molar-refractivity contribution in [2.45, 2.75) is 12.5 Å². The van der Waals surface area contributed by atoms with E-state index in [1.807, 2.05) is 0 Å². The van der Waals surface area contributed by atoms with Gasteiger partial charge in [0.05, 0.1) is 12.5 Å². The summed E-state index contributed by atoms with van der Waals surface area (Å²) in [6.07, 6.45) is 1.48. The van der Waals surface area contributed by atoms with Crippen LogP contribution in [0.1, 0.15) is 6.42 Å². The maximum Gasteiger partial charge on any atom is 0.319 e. The van der Waals surface area contributed by atoms with Crippen LogP contribution in [0.3, 0.4) is 0 Å². The summed E-state index contributed by atoms with van der Waals surface area (Å²) < 4.78 is 5.06. The van der Waals surface area contributed by atoms with E-state index in [9.17, 15) is 9.59 Å². The van der Waals surface area contributed by atoms with Crippen molar-refractivity contribution >= 4 is 35.7 Å². The number of nitrogens with two attached hydrogens (primary N) is 1. The molecule has 0 radical (unpaired) electrons. The van der Waals surface area contributed by atoms with E-state index in [4.69, 9.17) is 10.5 Å². The molecule has 0 bridgehead atoms. The molecule has 7 nitrogen and oxygen atoms in total. The molecule has 1 atom stereocenters. The first-order valence-corrected chi connectivity index (χ1v) is 6.87. The highest BCUT2D eigenvalue weighted by Crippen LogP contribution is 2.14. The molecule has 0 fully saturated rings. The molecule has 8 heteroatoms. The van der Waals surface area contributed by atoms with Gasteiger partial charge in [0.15, 0.2) is 0 Å². The van der Waals surface area contributed by atoms with Crippen molar-refractivity contribution in [3.8, 4) is 0 Å². The smallest absolute Gasteiger partial charge is 0.319 e. The number of hydrogen-bond donors (Lipinski definition) is 4. The van der Waals surface area contributed by atoms with E-state index < -0.39 is 0 Å². The third kappa shape index (κ3) is 8.20. The number of rotatable bonds is 8. The Morgan fingerprint density at radius 2 is 1.83 bits per heavy atom. The van der Waals surface area contributed by atoms with Crippen molar-refractivity contribution < 1.29 is 14.3 Å². The lowest BCUT2D eigenvalue weighted by atomic mass is 10.2. The number of methoxy groups -OCH3 is 1. The summed E-state index contributed by atoms with van der Waals surface area (Å²) >= 11 is 0. The van der Waals surface area contributed by atoms with Crippen molar-refractivity contribution in [3.63, 3.8) is 0 Å². The summed E-state index contributed by atoms with van der Waals surface area (Å²) in [7, 11) is 1.52. The molecule has 1 rings (SSSR count). The molecule has 0 heterocycles. The van der Waals surface area contributed by atoms with Gasteiger partial charge >= 0.3 is 6.03 Å². The van der Waals surface area contributed by atoms with Crippen molar-refractivity contribution in [2.24, 2.45) is 5.73 Å². The number of amides is 3. The number of nitrogens with one attached hydrogen (secondary N) is 3. The average Bonchev–Trinajstić information content (AvgIpc) is 2.52. The average molecular weight is 343 g/mol. The number of benzene rings is 1. The van der Waals surface area contributed by atoms with Crippen LogP contribution in [0.5, 0.6) is 0 Å². The topological polar surface area (TPSA) is 105 Å². The monoisotopic (exact) mass is 342 g/mol. The van der Waals surface area contributed by atoms with E-state index in [1.165, 1.54) is 7.11 Å². The van der Waals surface area contributed by atoms with E-state index in [2.05, 4.69) is 22.5 Å². The van der Waals surface area contributed by atoms with E-state index in [0.717, 1.165) is 0 Å². The lowest BCUT2D eigenvalue weighted by Gasteiger charge is -2.13. The first-order chi connectivity index (χ1) is 10.6. The van der Waals surface area contributed by atoms with Crippen LogP contribution in [0, 0.1) is 0 Å². The highest BCUT2D eigenvalue weighted by Gasteiger charge is 2.11. The van der Waals surface area contributed by atoms with Gasteiger partial charge in [0.2, 0.25) is 5.91 Å². The van der Waals surface area contributed by atoms with Gasteiger partial charge in [-0.2, -0.15) is 0 Å². The van der Waals surface area contributed by atoms with Crippen LogP contribution in [0.15, 0.2) is 36.9 Å². The van der Waals surface area contributed by atoms with Gasteiger partial charge in [0, 0.05) is 31.6 Å². The zero-order valence-corrected chi connectivity index (χ0v) is 13.8. The van der Waals surface area contributed by atoms with Crippen LogP contribution in [-0.4, -0.2) is 38.2 Å². The van der Waals surface area contributed by atoms with Gasteiger partial charge in [-0.15, -0.1) is 19.0 Å². The molecule has 128 valence electrons. The predicted octanol–water partition coefficient (Wildman–Crippen LogP) is 1.72. The Balaban J connectivity index is 0.00000484. The molecular weight excluding hydrogens is 320 g/mol. The summed E-state index contributed by atoms with van der Waals surface area (Å²) in [4.78, 5) is 23.2. The van der Waals surface area contributed by atoms with Crippen LogP contribution in [0.4, 0.5) is 16.2 Å². The normalized spacial score (nSPS) is 10.9. The standard InChI is InChI=1S/C15H22N4O3.ClH/c1-3-8-17-15(21)19-12-6-4-11(5-7-12)18-14(20)9-13(10-16)22-2;/h3-7,13H,1,8-10,16H2,2H3,(H,18,20)(H2,17,19,21);1H. The minimum Gasteiger partial charge on any atom is -0.380 e. The molecule has 0 spiro atoms. The van der Waals surface area contributed by atoms with Crippen LogP contribution in [-0.2, 0) is 9.53 Å². The second-order valence-corrected chi connectivity index (χ2v) is 4.55. The Morgan fingerprint density at radius 1 is 1.26 bits per heavy atom. The summed E-state index contributed by atoms with van der Waals surface area (Å²) in [6, 6.07) is 6.47. The zero-order valence-electron chi connectivity index (χ0n) is 13.0. The van der Waals surface area contributed by atoms with Gasteiger partial charge in [-0.1, -0.05) is 6.08 Å². The van der Waals surface area contributed by atoms with Crippen LogP contribution in [0.2, 0.25) is 0 Å². The molecule has 1 aromatic carbocycles. The second-order valence-electron chi connectivity index (χ2n) is 4.55. The lowest BCUT2D eigenvalue weighted by molar-refractivity contribution is -0.118. The highest BCUT2D eigenvalue weighted by atomic mass is 35.5. The van der Waals surface area contributed by atoms with Crippen molar-refractivity contribution in [2.75, 3.05) is 30.8 Å². The summed E-state index contributed by atoms with van der Waals surface area (Å²) in [5.74, 6) is -0.179. The Morgan fingerprint density at radius 3 is 2.30 bits per heavy atom. The molecule has 0 saturated heterocycles. The lowest BCUT2D eigenvalue weighted by Crippen LogP contribution is -2.28. The summed E-state index contributed by atoms with van der Waals surface area (Å²) in [5.41, 5.74) is 6.72. The fourth-order valence-corrected chi connectivity index (χ4v) is 1.66. The molecule has 1 unspecified atom stereocenters. The number of ether oxygens (including phenoxy) is 1. The molecule has 0 aliphatic carbocycles. The highest BCUT2D eigenvalue weighted by molar-refractivity contribution is 5.92. The zero-order chi connectivity index (χ0) is 16.4. The Kier molecular flexibility index (Phi) is 10.4. The predicted molar refractivity (Wildman–Crippen MR) is 94.0 cm³/mol. The Hall–Kier alpha value is -2.09. The van der Waals surface area contributed by atoms with Gasteiger partial charge in [-0.05, 0) is 24.3 Å².